The molecule has 0 aliphatic carbocycles. The molecule has 0 heterocycles. The summed E-state index contributed by atoms with van der Waals surface area (Å²) in [5.74, 6) is -0.133. The van der Waals surface area contributed by atoms with E-state index in [4.69, 9.17) is 11.6 Å². The van der Waals surface area contributed by atoms with E-state index in [1.54, 1.807) is 11.8 Å². The molecule has 2 nitrogen and oxygen atoms in total. The number of hydrogen-bond acceptors (Lipinski definition) is 2. The number of carbonyl (C=O) groups is 1. The molecule has 1 aromatic carbocycles. The van der Waals surface area contributed by atoms with Crippen molar-refractivity contribution >= 4 is 29.3 Å². The Morgan fingerprint density at radius 2 is 2.07 bits per heavy atom. The summed E-state index contributed by atoms with van der Waals surface area (Å²) < 4.78 is 0. The molecule has 1 amide bonds. The van der Waals surface area contributed by atoms with Gasteiger partial charge in [-0.1, -0.05) is 12.1 Å². The van der Waals surface area contributed by atoms with Crippen molar-refractivity contribution in [2.45, 2.75) is 17.9 Å². The Bertz CT molecular complexity index is 326. The quantitative estimate of drug-likeness (QED) is 0.651. The number of halogens is 1. The molecule has 4 heteroatoms. The zero-order valence-electron chi connectivity index (χ0n) is 8.79. The van der Waals surface area contributed by atoms with E-state index in [9.17, 15) is 4.79 Å². The normalized spacial score (nSPS) is 12.2. The molecule has 0 bridgehead atoms. The summed E-state index contributed by atoms with van der Waals surface area (Å²) in [6.07, 6.45) is 2.04. The molecule has 15 heavy (non-hydrogen) atoms. The predicted octanol–water partition coefficient (Wildman–Crippen LogP) is 2.82. The molecule has 0 aliphatic heterocycles. The number of amides is 1. The summed E-state index contributed by atoms with van der Waals surface area (Å²) in [7, 11) is 0. The fourth-order valence-corrected chi connectivity index (χ4v) is 1.74. The number of rotatable bonds is 4. The highest BCUT2D eigenvalue weighted by Crippen LogP contribution is 2.18. The maximum atomic E-state index is 11.1. The Balaban J connectivity index is 2.65. The number of thioether (sulfide) groups is 1. The Kier molecular flexibility index (Phi) is 4.99. The molecule has 0 saturated carbocycles. The lowest BCUT2D eigenvalue weighted by atomic mass is 10.1. The first-order valence-electron chi connectivity index (χ1n) is 4.66. The van der Waals surface area contributed by atoms with Gasteiger partial charge in [-0.25, -0.2) is 0 Å². The number of alkyl halides is 1. The Morgan fingerprint density at radius 1 is 1.47 bits per heavy atom. The number of nitrogens with one attached hydrogen (secondary N) is 1. The highest BCUT2D eigenvalue weighted by molar-refractivity contribution is 7.98. The van der Waals surface area contributed by atoms with E-state index in [-0.39, 0.29) is 17.8 Å². The summed E-state index contributed by atoms with van der Waals surface area (Å²) in [6.45, 7) is 1.94. The van der Waals surface area contributed by atoms with Gasteiger partial charge >= 0.3 is 0 Å². The molecule has 0 unspecified atom stereocenters. The van der Waals surface area contributed by atoms with Crippen LogP contribution in [0.2, 0.25) is 0 Å². The van der Waals surface area contributed by atoms with Gasteiger partial charge in [0.1, 0.15) is 5.88 Å². The van der Waals surface area contributed by atoms with Crippen LogP contribution in [0.1, 0.15) is 18.5 Å². The average molecular weight is 244 g/mol. The van der Waals surface area contributed by atoms with E-state index < -0.39 is 0 Å². The van der Waals surface area contributed by atoms with Gasteiger partial charge in [-0.05, 0) is 30.9 Å². The molecule has 1 atom stereocenters. The van der Waals surface area contributed by atoms with Gasteiger partial charge in [0.2, 0.25) is 5.91 Å². The standard InChI is InChI=1S/C11H14ClNOS/c1-8(13-11(14)7-12)9-3-5-10(15-2)6-4-9/h3-6,8H,7H2,1-2H3,(H,13,14)/t8-/m1/s1. The second kappa shape index (κ2) is 6.03. The molecule has 1 N–H and O–H groups in total. The average Bonchev–Trinajstić information content (AvgIpc) is 2.29. The first-order valence-corrected chi connectivity index (χ1v) is 6.42. The minimum absolute atomic E-state index is 0.00663. The lowest BCUT2D eigenvalue weighted by molar-refractivity contribution is -0.119. The monoisotopic (exact) mass is 243 g/mol. The first kappa shape index (κ1) is 12.4. The van der Waals surface area contributed by atoms with Crippen molar-refractivity contribution in [2.24, 2.45) is 0 Å². The van der Waals surface area contributed by atoms with Crippen molar-refractivity contribution in [2.75, 3.05) is 12.1 Å². The van der Waals surface area contributed by atoms with Gasteiger partial charge in [-0.2, -0.15) is 0 Å². The molecule has 0 aliphatic rings. The van der Waals surface area contributed by atoms with Crippen LogP contribution in [0.3, 0.4) is 0 Å². The molecule has 1 aromatic rings. The van der Waals surface area contributed by atoms with Crippen LogP contribution in [-0.4, -0.2) is 18.0 Å². The van der Waals surface area contributed by atoms with Crippen molar-refractivity contribution in [3.05, 3.63) is 29.8 Å². The van der Waals surface area contributed by atoms with Crippen LogP contribution in [-0.2, 0) is 4.79 Å². The van der Waals surface area contributed by atoms with Gasteiger partial charge in [-0.15, -0.1) is 23.4 Å². The minimum Gasteiger partial charge on any atom is -0.349 e. The van der Waals surface area contributed by atoms with E-state index in [0.717, 1.165) is 5.56 Å². The van der Waals surface area contributed by atoms with Crippen LogP contribution in [0.4, 0.5) is 0 Å². The van der Waals surface area contributed by atoms with E-state index in [1.807, 2.05) is 37.4 Å². The van der Waals surface area contributed by atoms with E-state index in [0.29, 0.717) is 0 Å². The summed E-state index contributed by atoms with van der Waals surface area (Å²) in [4.78, 5) is 12.3. The van der Waals surface area contributed by atoms with E-state index >= 15 is 0 Å². The van der Waals surface area contributed by atoms with Crippen molar-refractivity contribution < 1.29 is 4.79 Å². The van der Waals surface area contributed by atoms with Crippen molar-refractivity contribution in [3.8, 4) is 0 Å². The van der Waals surface area contributed by atoms with Crippen molar-refractivity contribution in [1.82, 2.24) is 5.32 Å². The van der Waals surface area contributed by atoms with Crippen LogP contribution in [0, 0.1) is 0 Å². The first-order chi connectivity index (χ1) is 7.17. The molecule has 1 rings (SSSR count). The van der Waals surface area contributed by atoms with Gasteiger partial charge in [0.05, 0.1) is 6.04 Å². The zero-order chi connectivity index (χ0) is 11.3. The summed E-state index contributed by atoms with van der Waals surface area (Å²) in [6, 6.07) is 8.13. The molecule has 0 radical (unpaired) electrons. The van der Waals surface area contributed by atoms with Crippen LogP contribution < -0.4 is 5.32 Å². The Morgan fingerprint density at radius 3 is 2.53 bits per heavy atom. The summed E-state index contributed by atoms with van der Waals surface area (Å²) in [5, 5.41) is 2.81. The van der Waals surface area contributed by atoms with Gasteiger partial charge in [0, 0.05) is 4.90 Å². The van der Waals surface area contributed by atoms with E-state index in [1.165, 1.54) is 4.90 Å². The molecule has 0 spiro atoms. The summed E-state index contributed by atoms with van der Waals surface area (Å²) >= 11 is 7.11. The maximum absolute atomic E-state index is 11.1. The SMILES string of the molecule is CSc1ccc([C@@H](C)NC(=O)CCl)cc1. The number of benzene rings is 1. The fourth-order valence-electron chi connectivity index (χ4n) is 1.26. The van der Waals surface area contributed by atoms with Gasteiger partial charge < -0.3 is 5.32 Å². The van der Waals surface area contributed by atoms with Crippen LogP contribution >= 0.6 is 23.4 Å². The van der Waals surface area contributed by atoms with Crippen LogP contribution in [0.25, 0.3) is 0 Å². The van der Waals surface area contributed by atoms with Crippen molar-refractivity contribution in [1.29, 1.82) is 0 Å². The highest BCUT2D eigenvalue weighted by Gasteiger charge is 2.07. The van der Waals surface area contributed by atoms with E-state index in [2.05, 4.69) is 5.32 Å². The third-order valence-electron chi connectivity index (χ3n) is 2.11. The molecule has 0 aromatic heterocycles. The van der Waals surface area contributed by atoms with Crippen LogP contribution in [0.5, 0.6) is 0 Å². The Hall–Kier alpha value is -0.670. The highest BCUT2D eigenvalue weighted by atomic mass is 35.5. The predicted molar refractivity (Wildman–Crippen MR) is 65.5 cm³/mol. The summed E-state index contributed by atoms with van der Waals surface area (Å²) in [5.41, 5.74) is 1.09. The van der Waals surface area contributed by atoms with Gasteiger partial charge in [0.15, 0.2) is 0 Å². The molecule has 0 saturated heterocycles. The topological polar surface area (TPSA) is 29.1 Å². The molecule has 82 valence electrons. The zero-order valence-corrected chi connectivity index (χ0v) is 10.4. The maximum Gasteiger partial charge on any atom is 0.235 e. The van der Waals surface area contributed by atoms with Gasteiger partial charge in [0.25, 0.3) is 0 Å². The van der Waals surface area contributed by atoms with Crippen LogP contribution in [0.15, 0.2) is 29.2 Å². The molecular formula is C11H14ClNOS. The Labute approximate surface area is 99.4 Å². The lowest BCUT2D eigenvalue weighted by Crippen LogP contribution is -2.27. The second-order valence-corrected chi connectivity index (χ2v) is 4.34. The van der Waals surface area contributed by atoms with Crippen molar-refractivity contribution in [3.63, 3.8) is 0 Å². The lowest BCUT2D eigenvalue weighted by Gasteiger charge is -2.13. The fraction of sp³-hybridized carbons (Fsp3) is 0.364. The number of carbonyl (C=O) groups excluding carboxylic acids is 1. The third kappa shape index (κ3) is 3.76. The molecular weight excluding hydrogens is 230 g/mol. The molecule has 0 fully saturated rings. The smallest absolute Gasteiger partial charge is 0.235 e. The minimum atomic E-state index is -0.141. The third-order valence-corrected chi connectivity index (χ3v) is 3.10. The number of hydrogen-bond donors (Lipinski definition) is 1. The second-order valence-electron chi connectivity index (χ2n) is 3.20. The largest absolute Gasteiger partial charge is 0.349 e. The van der Waals surface area contributed by atoms with Gasteiger partial charge in [-0.3, -0.25) is 4.79 Å².